The Hall–Kier alpha value is -9.62. The molecule has 0 aliphatic carbocycles. The van der Waals surface area contributed by atoms with Crippen LogP contribution in [0.25, 0.3) is 147 Å². The Bertz CT molecular complexity index is 4950. The molecule has 0 aliphatic heterocycles. The van der Waals surface area contributed by atoms with E-state index < -0.39 is 0 Å². The van der Waals surface area contributed by atoms with E-state index in [0.29, 0.717) is 5.95 Å². The van der Waals surface area contributed by atoms with Crippen molar-refractivity contribution in [1.82, 2.24) is 23.7 Å². The fraction of sp³-hybridized carbons (Fsp3) is 0. The van der Waals surface area contributed by atoms with Gasteiger partial charge in [0.05, 0.1) is 49.0 Å². The summed E-state index contributed by atoms with van der Waals surface area (Å²) in [5.41, 5.74) is 15.5. The molecule has 6 heteroatoms. The zero-order valence-corrected chi connectivity index (χ0v) is 40.6. The molecule has 0 aliphatic rings. The molecule has 11 aromatic carbocycles. The molecule has 16 rings (SSSR count). The van der Waals surface area contributed by atoms with Crippen molar-refractivity contribution < 1.29 is 0 Å². The highest BCUT2D eigenvalue weighted by Gasteiger charge is 2.24. The Kier molecular flexibility index (Phi) is 8.84. The van der Waals surface area contributed by atoms with Crippen LogP contribution in [0.3, 0.4) is 0 Å². The van der Waals surface area contributed by atoms with Crippen LogP contribution < -0.4 is 0 Å². The predicted octanol–water partition coefficient (Wildman–Crippen LogP) is 18.3. The average molecular weight is 960 g/mol. The minimum absolute atomic E-state index is 0.638. The molecule has 0 bridgehead atoms. The van der Waals surface area contributed by atoms with E-state index in [0.717, 1.165) is 86.9 Å². The molecule has 0 unspecified atom stereocenters. The molecule has 5 aromatic heterocycles. The molecule has 0 fully saturated rings. The van der Waals surface area contributed by atoms with Crippen LogP contribution in [0.5, 0.6) is 0 Å². The fourth-order valence-electron chi connectivity index (χ4n) is 12.0. The van der Waals surface area contributed by atoms with E-state index in [-0.39, 0.29) is 0 Å². The van der Waals surface area contributed by atoms with Gasteiger partial charge in [-0.3, -0.25) is 4.57 Å². The highest BCUT2D eigenvalue weighted by atomic mass is 32.1. The maximum Gasteiger partial charge on any atom is 0.235 e. The molecule has 5 nitrogen and oxygen atoms in total. The van der Waals surface area contributed by atoms with Crippen LogP contribution in [0.1, 0.15) is 0 Å². The van der Waals surface area contributed by atoms with Crippen LogP contribution in [0.2, 0.25) is 0 Å². The second-order valence-corrected chi connectivity index (χ2v) is 20.3. The molecule has 0 spiro atoms. The van der Waals surface area contributed by atoms with Gasteiger partial charge in [-0.1, -0.05) is 182 Å². The lowest BCUT2D eigenvalue weighted by Crippen LogP contribution is -2.03. The number of thiophene rings is 1. The molecular formula is C68H41N5S. The first-order chi connectivity index (χ1) is 36.7. The van der Waals surface area contributed by atoms with Gasteiger partial charge in [0.15, 0.2) is 0 Å². The maximum atomic E-state index is 5.75. The lowest BCUT2D eigenvalue weighted by Gasteiger charge is -2.13. The van der Waals surface area contributed by atoms with Crippen LogP contribution in [0.15, 0.2) is 249 Å². The summed E-state index contributed by atoms with van der Waals surface area (Å²) in [6.07, 6.45) is 0. The molecule has 0 radical (unpaired) electrons. The molecule has 0 saturated heterocycles. The van der Waals surface area contributed by atoms with E-state index in [9.17, 15) is 0 Å². The van der Waals surface area contributed by atoms with Gasteiger partial charge in [0.1, 0.15) is 0 Å². The molecule has 5 heterocycles. The summed E-state index contributed by atoms with van der Waals surface area (Å²) in [5.74, 6) is 0.638. The standard InChI is InChI=1S/C68H41N5S/c1-4-19-44(20-5-1)62-41-57-67(74-62)64(46-34-37-59-55(40-46)52-27-14-15-30-58(52)71(59)47-21-6-2-7-22-47)70-68(69-57)73-60-36-33-45(39-56(60)53-35-31-43-18-11-13-26-50(43)65(53)73)51-28-16-29-54-63-49-25-12-10-17-42(49)32-38-61(63)72(66(51)54)48-23-8-3-9-24-48/h1-41H. The molecule has 16 aromatic rings. The summed E-state index contributed by atoms with van der Waals surface area (Å²) in [7, 11) is 0. The summed E-state index contributed by atoms with van der Waals surface area (Å²) in [6.45, 7) is 0. The van der Waals surface area contributed by atoms with Crippen molar-refractivity contribution in [3.63, 3.8) is 0 Å². The molecule has 0 N–H and O–H groups in total. The second-order valence-electron chi connectivity index (χ2n) is 19.3. The lowest BCUT2D eigenvalue weighted by atomic mass is 9.98. The molecular weight excluding hydrogens is 919 g/mol. The summed E-state index contributed by atoms with van der Waals surface area (Å²) >= 11 is 1.76. The number of rotatable bonds is 6. The zero-order valence-electron chi connectivity index (χ0n) is 39.8. The van der Waals surface area contributed by atoms with Gasteiger partial charge in [-0.15, -0.1) is 11.3 Å². The molecule has 0 saturated carbocycles. The van der Waals surface area contributed by atoms with Crippen LogP contribution in [-0.4, -0.2) is 23.7 Å². The second kappa shape index (κ2) is 15.9. The first-order valence-electron chi connectivity index (χ1n) is 25.1. The number of fused-ring (bicyclic) bond motifs is 14. The molecule has 344 valence electrons. The van der Waals surface area contributed by atoms with E-state index in [1.54, 1.807) is 11.3 Å². The maximum absolute atomic E-state index is 5.75. The third-order valence-electron chi connectivity index (χ3n) is 15.2. The van der Waals surface area contributed by atoms with E-state index in [1.807, 2.05) is 0 Å². The Morgan fingerprint density at radius 1 is 0.324 bits per heavy atom. The fourth-order valence-corrected chi connectivity index (χ4v) is 13.1. The average Bonchev–Trinajstić information content (AvgIpc) is 4.25. The highest BCUT2D eigenvalue weighted by molar-refractivity contribution is 7.22. The van der Waals surface area contributed by atoms with Crippen molar-refractivity contribution in [3.05, 3.63) is 249 Å². The number of hydrogen-bond donors (Lipinski definition) is 0. The third-order valence-corrected chi connectivity index (χ3v) is 16.4. The summed E-state index contributed by atoms with van der Waals surface area (Å²) in [4.78, 5) is 12.5. The van der Waals surface area contributed by atoms with Gasteiger partial charge in [-0.05, 0) is 94.0 Å². The van der Waals surface area contributed by atoms with Gasteiger partial charge in [0.2, 0.25) is 5.95 Å². The Morgan fingerprint density at radius 3 is 1.70 bits per heavy atom. The quantitative estimate of drug-likeness (QED) is 0.167. The smallest absolute Gasteiger partial charge is 0.235 e. The zero-order chi connectivity index (χ0) is 48.4. The molecule has 0 amide bonds. The van der Waals surface area contributed by atoms with Gasteiger partial charge in [-0.2, -0.15) is 0 Å². The van der Waals surface area contributed by atoms with Gasteiger partial charge in [-0.25, -0.2) is 9.97 Å². The van der Waals surface area contributed by atoms with Crippen LogP contribution in [0.4, 0.5) is 0 Å². The van der Waals surface area contributed by atoms with E-state index in [4.69, 9.17) is 9.97 Å². The van der Waals surface area contributed by atoms with Crippen LogP contribution in [0, 0.1) is 0 Å². The number of benzene rings is 11. The van der Waals surface area contributed by atoms with E-state index in [1.165, 1.54) is 54.4 Å². The van der Waals surface area contributed by atoms with Gasteiger partial charge in [0.25, 0.3) is 0 Å². The van der Waals surface area contributed by atoms with E-state index in [2.05, 4.69) is 262 Å². The van der Waals surface area contributed by atoms with Crippen molar-refractivity contribution in [3.8, 4) is 50.1 Å². The summed E-state index contributed by atoms with van der Waals surface area (Å²) in [6, 6.07) is 90.3. The molecule has 0 atom stereocenters. The minimum Gasteiger partial charge on any atom is -0.309 e. The topological polar surface area (TPSA) is 40.6 Å². The van der Waals surface area contributed by atoms with Crippen molar-refractivity contribution >= 4 is 109 Å². The van der Waals surface area contributed by atoms with E-state index >= 15 is 0 Å². The Balaban J connectivity index is 0.967. The monoisotopic (exact) mass is 959 g/mol. The van der Waals surface area contributed by atoms with Crippen molar-refractivity contribution in [2.45, 2.75) is 0 Å². The lowest BCUT2D eigenvalue weighted by molar-refractivity contribution is 1.02. The number of nitrogens with zero attached hydrogens (tertiary/aromatic N) is 5. The summed E-state index contributed by atoms with van der Waals surface area (Å²) < 4.78 is 8.21. The number of hydrogen-bond acceptors (Lipinski definition) is 3. The predicted molar refractivity (Wildman–Crippen MR) is 312 cm³/mol. The third kappa shape index (κ3) is 6.03. The van der Waals surface area contributed by atoms with Gasteiger partial charge >= 0.3 is 0 Å². The Labute approximate surface area is 428 Å². The van der Waals surface area contributed by atoms with Crippen LogP contribution >= 0.6 is 11.3 Å². The van der Waals surface area contributed by atoms with Crippen molar-refractivity contribution in [2.75, 3.05) is 0 Å². The van der Waals surface area contributed by atoms with Crippen molar-refractivity contribution in [1.29, 1.82) is 0 Å². The Morgan fingerprint density at radius 2 is 0.905 bits per heavy atom. The van der Waals surface area contributed by atoms with Gasteiger partial charge < -0.3 is 9.13 Å². The highest BCUT2D eigenvalue weighted by Crippen LogP contribution is 2.46. The van der Waals surface area contributed by atoms with Crippen LogP contribution in [-0.2, 0) is 0 Å². The molecule has 74 heavy (non-hydrogen) atoms. The number of aromatic nitrogens is 5. The SMILES string of the molecule is c1ccc(-c2cc3nc(-n4c5ccc(-c6cccc7c8c9ccccc9ccc8n(-c8ccccc8)c67)cc5c5ccc6ccccc6c54)nc(-c4ccc5c(c4)c4ccccc4n5-c4ccccc4)c3s2)cc1. The normalized spacial score (nSPS) is 12.1. The minimum atomic E-state index is 0.638. The van der Waals surface area contributed by atoms with Gasteiger partial charge in [0, 0.05) is 65.1 Å². The first-order valence-corrected chi connectivity index (χ1v) is 26.0. The number of para-hydroxylation sites is 4. The first kappa shape index (κ1) is 41.0. The largest absolute Gasteiger partial charge is 0.309 e. The van der Waals surface area contributed by atoms with Crippen molar-refractivity contribution in [2.24, 2.45) is 0 Å². The summed E-state index contributed by atoms with van der Waals surface area (Å²) in [5, 5.41) is 12.0.